The zero-order valence-electron chi connectivity index (χ0n) is 8.57. The molecule has 4 nitrogen and oxygen atoms in total. The molecule has 0 heterocycles. The van der Waals surface area contributed by atoms with Gasteiger partial charge < -0.3 is 20.6 Å². The van der Waals surface area contributed by atoms with Gasteiger partial charge in [-0.05, 0) is 31.5 Å². The van der Waals surface area contributed by atoms with E-state index in [1.807, 2.05) is 0 Å². The van der Waals surface area contributed by atoms with Crippen LogP contribution < -0.4 is 5.32 Å². The fourth-order valence-corrected chi connectivity index (χ4v) is 2.18. The van der Waals surface area contributed by atoms with Gasteiger partial charge in [-0.2, -0.15) is 0 Å². The lowest BCUT2D eigenvalue weighted by Gasteiger charge is -2.30. The minimum Gasteiger partial charge on any atom is -0.508 e. The van der Waals surface area contributed by atoms with E-state index < -0.39 is 6.10 Å². The van der Waals surface area contributed by atoms with Crippen molar-refractivity contribution >= 4 is 0 Å². The van der Waals surface area contributed by atoms with Gasteiger partial charge in [0.25, 0.3) is 0 Å². The molecule has 1 aliphatic carbocycles. The van der Waals surface area contributed by atoms with Crippen molar-refractivity contribution in [2.75, 3.05) is 7.05 Å². The van der Waals surface area contributed by atoms with Crippen molar-refractivity contribution in [1.29, 1.82) is 0 Å². The van der Waals surface area contributed by atoms with Crippen LogP contribution in [-0.2, 0) is 6.42 Å². The second kappa shape index (κ2) is 3.72. The molecule has 15 heavy (non-hydrogen) atoms. The fraction of sp³-hybridized carbons (Fsp3) is 0.455. The van der Waals surface area contributed by atoms with Gasteiger partial charge in [-0.15, -0.1) is 0 Å². The predicted octanol–water partition coefficient (Wildman–Crippen LogP) is 0.665. The minimum absolute atomic E-state index is 0.0120. The van der Waals surface area contributed by atoms with E-state index in [1.54, 1.807) is 7.05 Å². The Kier molecular flexibility index (Phi) is 2.54. The van der Waals surface area contributed by atoms with Crippen LogP contribution in [0, 0.1) is 0 Å². The number of rotatable bonds is 1. The van der Waals surface area contributed by atoms with Crippen LogP contribution in [0.1, 0.15) is 23.7 Å². The van der Waals surface area contributed by atoms with Gasteiger partial charge in [-0.1, -0.05) is 0 Å². The summed E-state index contributed by atoms with van der Waals surface area (Å²) in [5.74, 6) is 0.0562. The number of phenols is 2. The molecule has 0 radical (unpaired) electrons. The number of aliphatic hydroxyl groups is 1. The largest absolute Gasteiger partial charge is 0.508 e. The van der Waals surface area contributed by atoms with Crippen LogP contribution in [0.5, 0.6) is 11.5 Å². The number of likely N-dealkylation sites (N-methyl/N-ethyl adjacent to an activating group) is 1. The Balaban J connectivity index is 2.46. The number of fused-ring (bicyclic) bond motifs is 1. The van der Waals surface area contributed by atoms with Crippen molar-refractivity contribution in [1.82, 2.24) is 5.32 Å². The monoisotopic (exact) mass is 209 g/mol. The van der Waals surface area contributed by atoms with Gasteiger partial charge in [0.1, 0.15) is 11.5 Å². The van der Waals surface area contributed by atoms with Gasteiger partial charge in [0.05, 0.1) is 6.10 Å². The van der Waals surface area contributed by atoms with E-state index >= 15 is 0 Å². The van der Waals surface area contributed by atoms with Gasteiger partial charge in [0.15, 0.2) is 0 Å². The molecular formula is C11H15NO3. The van der Waals surface area contributed by atoms with Crippen molar-refractivity contribution in [3.05, 3.63) is 23.3 Å². The van der Waals surface area contributed by atoms with Crippen LogP contribution in [0.2, 0.25) is 0 Å². The highest BCUT2D eigenvalue weighted by Crippen LogP contribution is 2.37. The first-order chi connectivity index (χ1) is 7.13. The molecule has 4 N–H and O–H groups in total. The maximum atomic E-state index is 9.99. The Morgan fingerprint density at radius 3 is 2.73 bits per heavy atom. The number of aromatic hydroxyl groups is 2. The van der Waals surface area contributed by atoms with Crippen LogP contribution in [0.3, 0.4) is 0 Å². The third kappa shape index (κ3) is 1.66. The number of nitrogens with one attached hydrogen (secondary N) is 1. The molecular weight excluding hydrogens is 194 g/mol. The highest BCUT2D eigenvalue weighted by molar-refractivity contribution is 5.48. The van der Waals surface area contributed by atoms with Crippen LogP contribution in [-0.4, -0.2) is 28.4 Å². The lowest BCUT2D eigenvalue weighted by molar-refractivity contribution is 0.118. The smallest absolute Gasteiger partial charge is 0.122 e. The number of hydrogen-bond acceptors (Lipinski definition) is 4. The van der Waals surface area contributed by atoms with Crippen molar-refractivity contribution in [3.63, 3.8) is 0 Å². The van der Waals surface area contributed by atoms with Crippen molar-refractivity contribution in [2.45, 2.75) is 25.0 Å². The lowest BCUT2D eigenvalue weighted by Crippen LogP contribution is -2.35. The van der Waals surface area contributed by atoms with E-state index in [9.17, 15) is 15.3 Å². The van der Waals surface area contributed by atoms with E-state index in [0.29, 0.717) is 12.0 Å². The Labute approximate surface area is 88.2 Å². The summed E-state index contributed by atoms with van der Waals surface area (Å²) in [6.07, 6.45) is 0.823. The molecule has 2 rings (SSSR count). The predicted molar refractivity (Wildman–Crippen MR) is 55.9 cm³/mol. The van der Waals surface area contributed by atoms with E-state index in [0.717, 1.165) is 12.0 Å². The number of aliphatic hydroxyl groups excluding tert-OH is 1. The lowest BCUT2D eigenvalue weighted by atomic mass is 9.85. The van der Waals surface area contributed by atoms with Crippen molar-refractivity contribution < 1.29 is 15.3 Å². The first-order valence-corrected chi connectivity index (χ1v) is 5.03. The third-order valence-corrected chi connectivity index (χ3v) is 3.02. The zero-order chi connectivity index (χ0) is 11.0. The standard InChI is InChI=1S/C11H15NO3/c1-12-9-3-2-7-8(11(9)15)4-6(13)5-10(7)14/h4-5,9,11-15H,2-3H2,1H3/t9-,11-/m1/s1. The maximum absolute atomic E-state index is 9.99. The third-order valence-electron chi connectivity index (χ3n) is 3.02. The zero-order valence-corrected chi connectivity index (χ0v) is 8.57. The van der Waals surface area contributed by atoms with Crippen LogP contribution in [0.15, 0.2) is 12.1 Å². The summed E-state index contributed by atoms with van der Waals surface area (Å²) >= 11 is 0. The molecule has 0 aromatic heterocycles. The number of phenolic OH excluding ortho intramolecular Hbond substituents is 2. The molecule has 0 fully saturated rings. The molecule has 1 aliphatic rings. The Morgan fingerprint density at radius 2 is 2.07 bits per heavy atom. The molecule has 1 aromatic carbocycles. The van der Waals surface area contributed by atoms with Gasteiger partial charge in [-0.3, -0.25) is 0 Å². The number of benzene rings is 1. The van der Waals surface area contributed by atoms with E-state index in [4.69, 9.17) is 0 Å². The topological polar surface area (TPSA) is 72.7 Å². The molecule has 0 amide bonds. The summed E-state index contributed by atoms with van der Waals surface area (Å²) in [5, 5.41) is 32.0. The molecule has 0 saturated heterocycles. The SMILES string of the molecule is CN[C@@H]1CCc2c(O)cc(O)cc2[C@H]1O. The van der Waals surface area contributed by atoms with Crippen LogP contribution in [0.25, 0.3) is 0 Å². The van der Waals surface area contributed by atoms with Crippen LogP contribution >= 0.6 is 0 Å². The molecule has 0 bridgehead atoms. The van der Waals surface area contributed by atoms with Crippen LogP contribution in [0.4, 0.5) is 0 Å². The highest BCUT2D eigenvalue weighted by Gasteiger charge is 2.28. The molecule has 0 saturated carbocycles. The van der Waals surface area contributed by atoms with Crippen molar-refractivity contribution in [2.24, 2.45) is 0 Å². The minimum atomic E-state index is -0.670. The normalized spacial score (nSPS) is 24.9. The maximum Gasteiger partial charge on any atom is 0.122 e. The molecule has 0 unspecified atom stereocenters. The summed E-state index contributed by atoms with van der Waals surface area (Å²) in [5.41, 5.74) is 1.37. The quantitative estimate of drug-likeness (QED) is 0.548. The summed E-state index contributed by atoms with van der Waals surface area (Å²) in [4.78, 5) is 0. The second-order valence-corrected chi connectivity index (χ2v) is 3.91. The van der Waals surface area contributed by atoms with Gasteiger partial charge in [0.2, 0.25) is 0 Å². The van der Waals surface area contributed by atoms with E-state index in [1.165, 1.54) is 12.1 Å². The number of hydrogen-bond donors (Lipinski definition) is 4. The van der Waals surface area contributed by atoms with Gasteiger partial charge in [-0.25, -0.2) is 0 Å². The summed E-state index contributed by atoms with van der Waals surface area (Å²) in [6.45, 7) is 0. The Hall–Kier alpha value is -1.26. The van der Waals surface area contributed by atoms with Gasteiger partial charge in [0, 0.05) is 17.7 Å². The molecule has 4 heteroatoms. The Bertz CT molecular complexity index is 378. The fourth-order valence-electron chi connectivity index (χ4n) is 2.18. The summed E-state index contributed by atoms with van der Waals surface area (Å²) < 4.78 is 0. The highest BCUT2D eigenvalue weighted by atomic mass is 16.3. The molecule has 1 aromatic rings. The van der Waals surface area contributed by atoms with Gasteiger partial charge >= 0.3 is 0 Å². The van der Waals surface area contributed by atoms with E-state index in [-0.39, 0.29) is 17.5 Å². The average Bonchev–Trinajstić information content (AvgIpc) is 2.19. The molecule has 0 aliphatic heterocycles. The average molecular weight is 209 g/mol. The van der Waals surface area contributed by atoms with Crippen molar-refractivity contribution in [3.8, 4) is 11.5 Å². The first kappa shape index (κ1) is 10.3. The summed E-state index contributed by atoms with van der Waals surface area (Å²) in [6, 6.07) is 2.81. The van der Waals surface area contributed by atoms with E-state index in [2.05, 4.69) is 5.32 Å². The Morgan fingerprint density at radius 1 is 1.33 bits per heavy atom. The second-order valence-electron chi connectivity index (χ2n) is 3.91. The molecule has 2 atom stereocenters. The summed E-state index contributed by atoms with van der Waals surface area (Å²) in [7, 11) is 1.79. The first-order valence-electron chi connectivity index (χ1n) is 5.03. The molecule has 0 spiro atoms. The molecule has 82 valence electrons.